The normalized spacial score (nSPS) is 24.8. The van der Waals surface area contributed by atoms with Gasteiger partial charge in [-0.25, -0.2) is 0 Å². The predicted molar refractivity (Wildman–Crippen MR) is 177 cm³/mol. The topological polar surface area (TPSA) is 131 Å². The standard InChI is InChI=1S/C37H42N4O6.Ac/c1-17-10-21-12-27-37(45)41-26(31(40(27)5)29(21)33(43)19(17)3)13-24-30(35-34(46-16-47-35)20(4)32(24)42)28(41)15-39-36(44)18(2)11-22-14-38-25-9-7-6-8-23(22)25;/h6-10,14,18,26-28,31,37-38,42-43,45H,11-13,15-16H2,1-5H3,(H,39,44);/t18-,26?,27-,28-,31-,37-;/m0./s1. The number of para-hydroxylation sites is 1. The number of aromatic nitrogens is 1. The summed E-state index contributed by atoms with van der Waals surface area (Å²) in [5, 5.41) is 39.7. The molecule has 1 radical (unpaired) electrons. The second-order valence-electron chi connectivity index (χ2n) is 13.9. The van der Waals surface area contributed by atoms with E-state index in [1.165, 1.54) is 0 Å². The van der Waals surface area contributed by atoms with Gasteiger partial charge in [0.2, 0.25) is 12.7 Å². The molecule has 0 spiro atoms. The molecule has 1 aromatic heterocycles. The molecule has 4 aromatic rings. The van der Waals surface area contributed by atoms with Crippen LogP contribution in [0, 0.1) is 70.8 Å². The maximum atomic E-state index is 13.7. The first-order valence-electron chi connectivity index (χ1n) is 16.5. The van der Waals surface area contributed by atoms with Crippen molar-refractivity contribution in [3.63, 3.8) is 0 Å². The van der Waals surface area contributed by atoms with Crippen LogP contribution in [0.2, 0.25) is 0 Å². The molecule has 48 heavy (non-hydrogen) atoms. The third-order valence-electron chi connectivity index (χ3n) is 11.4. The summed E-state index contributed by atoms with van der Waals surface area (Å²) in [5.41, 5.74) is 8.00. The van der Waals surface area contributed by atoms with Crippen LogP contribution in [0.4, 0.5) is 0 Å². The maximum absolute atomic E-state index is 13.7. The molecule has 1 saturated heterocycles. The zero-order valence-corrected chi connectivity index (χ0v) is 32.7. The summed E-state index contributed by atoms with van der Waals surface area (Å²) < 4.78 is 11.9. The van der Waals surface area contributed by atoms with Crippen molar-refractivity contribution >= 4 is 16.8 Å². The zero-order valence-electron chi connectivity index (χ0n) is 28.0. The average molecular weight is 866 g/mol. The van der Waals surface area contributed by atoms with Gasteiger partial charge in [0.15, 0.2) is 11.5 Å². The first-order chi connectivity index (χ1) is 22.6. The molecule has 8 rings (SSSR count). The number of aliphatic hydroxyl groups excluding tert-OH is 1. The number of aromatic amines is 1. The third kappa shape index (κ3) is 4.99. The van der Waals surface area contributed by atoms with Crippen molar-refractivity contribution in [2.24, 2.45) is 5.92 Å². The van der Waals surface area contributed by atoms with E-state index in [2.05, 4.69) is 32.2 Å². The number of ether oxygens (including phenoxy) is 2. The van der Waals surface area contributed by atoms with Crippen LogP contribution < -0.4 is 14.8 Å². The molecule has 5 N–H and O–H groups in total. The van der Waals surface area contributed by atoms with E-state index in [0.29, 0.717) is 42.1 Å². The van der Waals surface area contributed by atoms with Gasteiger partial charge in [-0.2, -0.15) is 0 Å². The van der Waals surface area contributed by atoms with Gasteiger partial charge in [0.05, 0.1) is 18.1 Å². The number of nitrogens with zero attached hydrogens (tertiary/aromatic N) is 2. The number of carbonyl (C=O) groups excluding carboxylic acids is 1. The van der Waals surface area contributed by atoms with Gasteiger partial charge in [-0.3, -0.25) is 14.6 Å². The number of benzene rings is 3. The quantitative estimate of drug-likeness (QED) is 0.200. The van der Waals surface area contributed by atoms with Crippen molar-refractivity contribution in [1.29, 1.82) is 0 Å². The number of piperazine rings is 1. The van der Waals surface area contributed by atoms with Crippen LogP contribution >= 0.6 is 0 Å². The Hall–Kier alpha value is -2.81. The first kappa shape index (κ1) is 33.7. The van der Waals surface area contributed by atoms with Crippen LogP contribution in [0.1, 0.15) is 63.5 Å². The number of aryl methyl sites for hydroxylation is 1. The van der Waals surface area contributed by atoms with Gasteiger partial charge in [0.1, 0.15) is 17.7 Å². The smallest absolute Gasteiger partial charge is 0.231 e. The number of likely N-dealkylation sites (N-methyl/N-ethyl adjacent to an activating group) is 1. The van der Waals surface area contributed by atoms with E-state index in [1.807, 2.05) is 59.1 Å². The molecule has 10 nitrogen and oxygen atoms in total. The molecule has 1 unspecified atom stereocenters. The number of phenols is 2. The molecule has 2 bridgehead atoms. The molecule has 4 aliphatic heterocycles. The van der Waals surface area contributed by atoms with E-state index in [9.17, 15) is 20.1 Å². The van der Waals surface area contributed by atoms with Gasteiger partial charge in [-0.1, -0.05) is 31.2 Å². The summed E-state index contributed by atoms with van der Waals surface area (Å²) in [6.45, 7) is 7.93. The predicted octanol–water partition coefficient (Wildman–Crippen LogP) is 4.43. The van der Waals surface area contributed by atoms with Gasteiger partial charge >= 0.3 is 0 Å². The summed E-state index contributed by atoms with van der Waals surface area (Å²) in [6.07, 6.45) is 2.66. The number of hydrogen-bond donors (Lipinski definition) is 5. The van der Waals surface area contributed by atoms with Crippen molar-refractivity contribution in [3.8, 4) is 23.0 Å². The average Bonchev–Trinajstić information content (AvgIpc) is 3.71. The van der Waals surface area contributed by atoms with Gasteiger partial charge < -0.3 is 35.1 Å². The molecule has 1 fully saturated rings. The van der Waals surface area contributed by atoms with Gasteiger partial charge in [0.25, 0.3) is 0 Å². The SMILES string of the molecule is Cc1cc2c(c(O)c1C)[C@@H]1C3Cc4c(O)c(C)c5c(c4[C@H](CNC(=O)[C@@H](C)Cc4c[nH]c6ccccc46)N3[C@@H](O)[C@H](C2)N1C)OCO5.[Ac]. The van der Waals surface area contributed by atoms with Crippen molar-refractivity contribution in [2.75, 3.05) is 20.4 Å². The minimum Gasteiger partial charge on any atom is -0.507 e. The molecule has 0 aliphatic carbocycles. The van der Waals surface area contributed by atoms with Crippen molar-refractivity contribution in [2.45, 2.75) is 77.4 Å². The van der Waals surface area contributed by atoms with E-state index in [0.717, 1.165) is 49.8 Å². The van der Waals surface area contributed by atoms with Crippen LogP contribution in [0.3, 0.4) is 0 Å². The van der Waals surface area contributed by atoms with Crippen LogP contribution in [0.15, 0.2) is 36.5 Å². The number of carbonyl (C=O) groups is 1. The van der Waals surface area contributed by atoms with E-state index < -0.39 is 12.3 Å². The molecule has 1 amide bonds. The number of phenolic OH excluding ortho intramolecular Hbond substituents is 2. The van der Waals surface area contributed by atoms with Crippen LogP contribution in [-0.4, -0.2) is 74.7 Å². The number of nitrogens with one attached hydrogen (secondary N) is 2. The number of amides is 1. The fourth-order valence-electron chi connectivity index (χ4n) is 8.81. The van der Waals surface area contributed by atoms with Crippen LogP contribution in [0.5, 0.6) is 23.0 Å². The number of hydrogen-bond acceptors (Lipinski definition) is 8. The summed E-state index contributed by atoms with van der Waals surface area (Å²) in [7, 11) is 2.01. The number of rotatable bonds is 5. The summed E-state index contributed by atoms with van der Waals surface area (Å²) in [4.78, 5) is 21.3. The molecule has 5 heterocycles. The summed E-state index contributed by atoms with van der Waals surface area (Å²) >= 11 is 0. The van der Waals surface area contributed by atoms with Gasteiger partial charge in [0, 0.05) is 102 Å². The molecular formula is C37H42AcN4O6. The monoisotopic (exact) mass is 865 g/mol. The van der Waals surface area contributed by atoms with E-state index in [4.69, 9.17) is 9.47 Å². The summed E-state index contributed by atoms with van der Waals surface area (Å²) in [6, 6.07) is 8.91. The minimum absolute atomic E-state index is 0. The Balaban J connectivity index is 0.00000364. The van der Waals surface area contributed by atoms with E-state index in [-0.39, 0.29) is 93.1 Å². The Labute approximate surface area is 316 Å². The number of fused-ring (bicyclic) bond motifs is 10. The van der Waals surface area contributed by atoms with Crippen LogP contribution in [-0.2, 0) is 24.1 Å². The Morgan fingerprint density at radius 3 is 2.58 bits per heavy atom. The fourth-order valence-corrected chi connectivity index (χ4v) is 8.81. The van der Waals surface area contributed by atoms with E-state index >= 15 is 0 Å². The first-order valence-corrected chi connectivity index (χ1v) is 16.5. The number of aliphatic hydroxyl groups is 1. The third-order valence-corrected chi connectivity index (χ3v) is 11.4. The molecule has 6 atom stereocenters. The van der Waals surface area contributed by atoms with Gasteiger partial charge in [-0.15, -0.1) is 0 Å². The molecule has 0 saturated carbocycles. The van der Waals surface area contributed by atoms with Crippen molar-refractivity contribution in [1.82, 2.24) is 20.1 Å². The maximum Gasteiger partial charge on any atom is 0.231 e. The molecule has 11 heteroatoms. The zero-order chi connectivity index (χ0) is 32.9. The van der Waals surface area contributed by atoms with Crippen molar-refractivity contribution in [3.05, 3.63) is 81.0 Å². The van der Waals surface area contributed by atoms with Crippen LogP contribution in [0.25, 0.3) is 10.9 Å². The largest absolute Gasteiger partial charge is 0.507 e. The Kier molecular flexibility index (Phi) is 8.77. The van der Waals surface area contributed by atoms with E-state index in [1.54, 1.807) is 0 Å². The number of H-pyrrole nitrogens is 1. The molecule has 4 aliphatic rings. The summed E-state index contributed by atoms with van der Waals surface area (Å²) in [5.74, 6) is 1.10. The fraction of sp³-hybridized carbons (Fsp3) is 0.432. The van der Waals surface area contributed by atoms with Crippen molar-refractivity contribution < 1.29 is 73.7 Å². The number of aromatic hydroxyl groups is 2. The molecule has 3 aromatic carbocycles. The van der Waals surface area contributed by atoms with Gasteiger partial charge in [-0.05, 0) is 75.4 Å². The molecular weight excluding hydrogens is 823 g/mol. The Morgan fingerprint density at radius 2 is 1.79 bits per heavy atom. The minimum atomic E-state index is -0.877. The Bertz CT molecular complexity index is 1940. The second-order valence-corrected chi connectivity index (χ2v) is 13.9. The second kappa shape index (κ2) is 12.5. The molecule has 249 valence electrons. The Morgan fingerprint density at radius 1 is 1.04 bits per heavy atom.